The summed E-state index contributed by atoms with van der Waals surface area (Å²) in [7, 11) is 1.31. The maximum atomic E-state index is 12.8. The number of fused-ring (bicyclic) bond motifs is 2. The second-order valence-corrected chi connectivity index (χ2v) is 5.27. The molecule has 0 bridgehead atoms. The zero-order chi connectivity index (χ0) is 13.5. The highest BCUT2D eigenvalue weighted by Crippen LogP contribution is 2.50. The molecular formula is C15H17NO3. The first-order valence-electron chi connectivity index (χ1n) is 6.73. The second kappa shape index (κ2) is 4.37. The van der Waals surface area contributed by atoms with Crippen LogP contribution in [-0.2, 0) is 14.9 Å². The molecule has 0 atom stereocenters. The number of ether oxygens (including phenoxy) is 1. The lowest BCUT2D eigenvalue weighted by Crippen LogP contribution is -2.44. The largest absolute Gasteiger partial charge is 0.452 e. The molecule has 19 heavy (non-hydrogen) atoms. The van der Waals surface area contributed by atoms with Crippen molar-refractivity contribution >= 4 is 17.7 Å². The van der Waals surface area contributed by atoms with Crippen molar-refractivity contribution in [3.63, 3.8) is 0 Å². The van der Waals surface area contributed by atoms with E-state index in [0.717, 1.165) is 37.7 Å². The molecule has 1 saturated carbocycles. The van der Waals surface area contributed by atoms with Gasteiger partial charge in [-0.25, -0.2) is 9.69 Å². The number of anilines is 1. The van der Waals surface area contributed by atoms with E-state index in [-0.39, 0.29) is 5.91 Å². The van der Waals surface area contributed by atoms with Gasteiger partial charge in [0.15, 0.2) is 0 Å². The van der Waals surface area contributed by atoms with Gasteiger partial charge in [0.05, 0.1) is 18.2 Å². The molecule has 0 unspecified atom stereocenters. The van der Waals surface area contributed by atoms with E-state index in [1.54, 1.807) is 0 Å². The number of nitrogens with zero attached hydrogens (tertiary/aromatic N) is 1. The second-order valence-electron chi connectivity index (χ2n) is 5.27. The summed E-state index contributed by atoms with van der Waals surface area (Å²) < 4.78 is 4.76. The first-order valence-corrected chi connectivity index (χ1v) is 6.73. The predicted octanol–water partition coefficient (Wildman–Crippen LogP) is 3.00. The average molecular weight is 259 g/mol. The van der Waals surface area contributed by atoms with Gasteiger partial charge < -0.3 is 4.74 Å². The number of benzene rings is 1. The summed E-state index contributed by atoms with van der Waals surface area (Å²) in [5.41, 5.74) is 1.19. The number of imide groups is 1. The van der Waals surface area contributed by atoms with Crippen molar-refractivity contribution in [3.8, 4) is 0 Å². The maximum Gasteiger partial charge on any atom is 0.420 e. The summed E-state index contributed by atoms with van der Waals surface area (Å²) in [5, 5.41) is 0. The van der Waals surface area contributed by atoms with Gasteiger partial charge in [-0.05, 0) is 24.5 Å². The third-order valence-electron chi connectivity index (χ3n) is 4.34. The fourth-order valence-corrected chi connectivity index (χ4v) is 3.42. The molecule has 0 aromatic heterocycles. The predicted molar refractivity (Wildman–Crippen MR) is 71.1 cm³/mol. The Balaban J connectivity index is 2.14. The summed E-state index contributed by atoms with van der Waals surface area (Å²) in [6.07, 6.45) is 4.31. The van der Waals surface area contributed by atoms with E-state index in [1.807, 2.05) is 24.3 Å². The van der Waals surface area contributed by atoms with Crippen LogP contribution in [0.4, 0.5) is 10.5 Å². The molecule has 1 aliphatic carbocycles. The van der Waals surface area contributed by atoms with E-state index < -0.39 is 11.5 Å². The Morgan fingerprint density at radius 3 is 2.58 bits per heavy atom. The Bertz CT molecular complexity index is 532. The van der Waals surface area contributed by atoms with Crippen LogP contribution in [0.3, 0.4) is 0 Å². The maximum absolute atomic E-state index is 12.8. The molecule has 0 radical (unpaired) electrons. The van der Waals surface area contributed by atoms with Gasteiger partial charge in [0.2, 0.25) is 5.91 Å². The minimum atomic E-state index is -0.583. The van der Waals surface area contributed by atoms with Crippen LogP contribution in [0.5, 0.6) is 0 Å². The van der Waals surface area contributed by atoms with Gasteiger partial charge in [0.25, 0.3) is 0 Å². The van der Waals surface area contributed by atoms with Gasteiger partial charge in [-0.15, -0.1) is 0 Å². The summed E-state index contributed by atoms with van der Waals surface area (Å²) in [6, 6.07) is 7.59. The van der Waals surface area contributed by atoms with Crippen molar-refractivity contribution in [1.82, 2.24) is 0 Å². The van der Waals surface area contributed by atoms with Gasteiger partial charge in [-0.3, -0.25) is 4.79 Å². The van der Waals surface area contributed by atoms with Crippen LogP contribution in [0.25, 0.3) is 0 Å². The minimum Gasteiger partial charge on any atom is -0.452 e. The van der Waals surface area contributed by atoms with Gasteiger partial charge >= 0.3 is 6.09 Å². The first kappa shape index (κ1) is 12.2. The smallest absolute Gasteiger partial charge is 0.420 e. The number of amides is 2. The van der Waals surface area contributed by atoms with Crippen molar-refractivity contribution < 1.29 is 14.3 Å². The molecule has 4 nitrogen and oxygen atoms in total. The number of carbonyl (C=O) groups is 2. The molecule has 100 valence electrons. The fourth-order valence-electron chi connectivity index (χ4n) is 3.42. The van der Waals surface area contributed by atoms with Gasteiger partial charge in [0.1, 0.15) is 0 Å². The molecule has 3 rings (SSSR count). The molecule has 1 aliphatic heterocycles. The van der Waals surface area contributed by atoms with E-state index in [4.69, 9.17) is 4.74 Å². The van der Waals surface area contributed by atoms with Gasteiger partial charge in [-0.1, -0.05) is 37.5 Å². The lowest BCUT2D eigenvalue weighted by molar-refractivity contribution is -0.123. The zero-order valence-corrected chi connectivity index (χ0v) is 11.0. The Labute approximate surface area is 112 Å². The van der Waals surface area contributed by atoms with Crippen LogP contribution < -0.4 is 4.90 Å². The van der Waals surface area contributed by atoms with Crippen molar-refractivity contribution in [1.29, 1.82) is 0 Å². The minimum absolute atomic E-state index is 0.111. The van der Waals surface area contributed by atoms with E-state index in [9.17, 15) is 9.59 Å². The molecule has 2 aliphatic rings. The molecule has 1 fully saturated rings. The van der Waals surface area contributed by atoms with Crippen LogP contribution in [0.1, 0.15) is 37.7 Å². The molecule has 0 saturated heterocycles. The molecule has 1 aromatic rings. The van der Waals surface area contributed by atoms with Crippen molar-refractivity contribution in [2.45, 2.75) is 37.5 Å². The normalized spacial score (nSPS) is 20.5. The van der Waals surface area contributed by atoms with Crippen LogP contribution in [0, 0.1) is 0 Å². The summed E-state index contributed by atoms with van der Waals surface area (Å²) in [4.78, 5) is 25.9. The average Bonchev–Trinajstić information content (AvgIpc) is 2.70. The van der Waals surface area contributed by atoms with E-state index in [0.29, 0.717) is 5.69 Å². The summed E-state index contributed by atoms with van der Waals surface area (Å²) >= 11 is 0. The van der Waals surface area contributed by atoms with Crippen LogP contribution in [0.2, 0.25) is 0 Å². The Morgan fingerprint density at radius 2 is 1.89 bits per heavy atom. The molecule has 1 aromatic carbocycles. The van der Waals surface area contributed by atoms with Crippen molar-refractivity contribution in [2.75, 3.05) is 12.0 Å². The molecule has 4 heteroatoms. The Kier molecular flexibility index (Phi) is 2.81. The zero-order valence-electron chi connectivity index (χ0n) is 11.0. The fraction of sp³-hybridized carbons (Fsp3) is 0.467. The molecule has 1 heterocycles. The standard InChI is InChI=1S/C15H17NO3/c1-19-14(18)16-12-8-4-3-7-11(12)15(13(16)17)9-5-2-6-10-15/h3-4,7-8H,2,5-6,9-10H2,1H3. The highest BCUT2D eigenvalue weighted by atomic mass is 16.5. The van der Waals surface area contributed by atoms with Crippen LogP contribution in [0.15, 0.2) is 24.3 Å². The highest BCUT2D eigenvalue weighted by molar-refractivity contribution is 6.21. The summed E-state index contributed by atoms with van der Waals surface area (Å²) in [6.45, 7) is 0. The van der Waals surface area contributed by atoms with Crippen LogP contribution >= 0.6 is 0 Å². The number of hydrogen-bond donors (Lipinski definition) is 0. The van der Waals surface area contributed by atoms with E-state index in [2.05, 4.69) is 0 Å². The monoisotopic (exact) mass is 259 g/mol. The lowest BCUT2D eigenvalue weighted by Gasteiger charge is -2.32. The lowest BCUT2D eigenvalue weighted by atomic mass is 9.70. The number of para-hydroxylation sites is 1. The first-order chi connectivity index (χ1) is 9.20. The SMILES string of the molecule is COC(=O)N1C(=O)C2(CCCCC2)c2ccccc21. The molecule has 1 spiro atoms. The topological polar surface area (TPSA) is 46.6 Å². The molecule has 2 amide bonds. The van der Waals surface area contributed by atoms with Gasteiger partial charge in [-0.2, -0.15) is 0 Å². The van der Waals surface area contributed by atoms with Crippen molar-refractivity contribution in [2.24, 2.45) is 0 Å². The Hall–Kier alpha value is -1.84. The number of carbonyl (C=O) groups excluding carboxylic acids is 2. The quantitative estimate of drug-likeness (QED) is 0.719. The number of methoxy groups -OCH3 is 1. The third-order valence-corrected chi connectivity index (χ3v) is 4.34. The van der Waals surface area contributed by atoms with Crippen LogP contribution in [-0.4, -0.2) is 19.1 Å². The van der Waals surface area contributed by atoms with Gasteiger partial charge in [0, 0.05) is 0 Å². The number of hydrogen-bond acceptors (Lipinski definition) is 3. The van der Waals surface area contributed by atoms with Crippen molar-refractivity contribution in [3.05, 3.63) is 29.8 Å². The summed E-state index contributed by atoms with van der Waals surface area (Å²) in [5.74, 6) is -0.111. The number of rotatable bonds is 0. The highest BCUT2D eigenvalue weighted by Gasteiger charge is 2.53. The molecular weight excluding hydrogens is 242 g/mol. The molecule has 0 N–H and O–H groups in total. The Morgan fingerprint density at radius 1 is 1.21 bits per heavy atom. The van der Waals surface area contributed by atoms with E-state index in [1.165, 1.54) is 12.0 Å². The third kappa shape index (κ3) is 1.59. The van der Waals surface area contributed by atoms with E-state index >= 15 is 0 Å².